The number of benzene rings is 1. The molecule has 0 saturated carbocycles. The first-order valence-electron chi connectivity index (χ1n) is 8.29. The summed E-state index contributed by atoms with van der Waals surface area (Å²) in [5, 5.41) is 6.12. The average molecular weight is 388 g/mol. The number of carbonyl (C=O) groups excluding carboxylic acids is 1. The summed E-state index contributed by atoms with van der Waals surface area (Å²) >= 11 is 6.07. The third-order valence-corrected chi connectivity index (χ3v) is 4.95. The van der Waals surface area contributed by atoms with E-state index in [9.17, 15) is 14.0 Å². The lowest BCUT2D eigenvalue weighted by Gasteiger charge is -2.30. The Bertz CT molecular complexity index is 1110. The Hall–Kier alpha value is -3.00. The number of nitrogens with zero attached hydrogens (tertiary/aromatic N) is 4. The minimum Gasteiger partial charge on any atom is -0.360 e. The second-order valence-corrected chi connectivity index (χ2v) is 6.72. The summed E-state index contributed by atoms with van der Waals surface area (Å²) in [6.45, 7) is 3.12. The maximum atomic E-state index is 14.1. The standard InChI is InChI=1S/C18H15ClFN5O2/c1-10-2-3-12(20)11(6-10)17(26)14-7-21-15-9-24(4-5-25(14)15)13-8-22-23-18(27)16(13)19/h2-3,6-8H,4-5,9H2,1H3,(H,23,27). The normalized spacial score (nSPS) is 13.5. The van der Waals surface area contributed by atoms with Gasteiger partial charge in [0.15, 0.2) is 0 Å². The monoisotopic (exact) mass is 387 g/mol. The number of anilines is 1. The van der Waals surface area contributed by atoms with Gasteiger partial charge in [-0.15, -0.1) is 0 Å². The SMILES string of the molecule is Cc1ccc(F)c(C(=O)c2cnc3n2CCN(c2cn[nH]c(=O)c2Cl)C3)c1. The van der Waals surface area contributed by atoms with Crippen LogP contribution in [0.15, 0.2) is 35.4 Å². The topological polar surface area (TPSA) is 83.9 Å². The molecule has 4 rings (SSSR count). The summed E-state index contributed by atoms with van der Waals surface area (Å²) in [6, 6.07) is 4.45. The van der Waals surface area contributed by atoms with E-state index >= 15 is 0 Å². The van der Waals surface area contributed by atoms with Crippen molar-refractivity contribution < 1.29 is 9.18 Å². The number of rotatable bonds is 3. The molecule has 0 radical (unpaired) electrons. The van der Waals surface area contributed by atoms with Crippen LogP contribution in [0.2, 0.25) is 5.02 Å². The van der Waals surface area contributed by atoms with Gasteiger partial charge >= 0.3 is 0 Å². The molecule has 27 heavy (non-hydrogen) atoms. The Morgan fingerprint density at radius 1 is 1.30 bits per heavy atom. The van der Waals surface area contributed by atoms with Gasteiger partial charge in [-0.25, -0.2) is 14.5 Å². The van der Waals surface area contributed by atoms with Gasteiger partial charge in [-0.1, -0.05) is 23.2 Å². The van der Waals surface area contributed by atoms with E-state index in [2.05, 4.69) is 15.2 Å². The van der Waals surface area contributed by atoms with Crippen LogP contribution in [0.3, 0.4) is 0 Å². The fraction of sp³-hybridized carbons (Fsp3) is 0.222. The van der Waals surface area contributed by atoms with E-state index in [0.29, 0.717) is 36.8 Å². The Labute approximate surface area is 158 Å². The molecule has 0 fully saturated rings. The van der Waals surface area contributed by atoms with Gasteiger partial charge in [0, 0.05) is 13.1 Å². The predicted molar refractivity (Wildman–Crippen MR) is 97.7 cm³/mol. The van der Waals surface area contributed by atoms with E-state index in [4.69, 9.17) is 11.6 Å². The Balaban J connectivity index is 1.66. The highest BCUT2D eigenvalue weighted by molar-refractivity contribution is 6.33. The van der Waals surface area contributed by atoms with Crippen LogP contribution in [0.25, 0.3) is 0 Å². The number of ketones is 1. The molecule has 138 valence electrons. The van der Waals surface area contributed by atoms with Gasteiger partial charge in [-0.05, 0) is 19.1 Å². The molecule has 1 N–H and O–H groups in total. The number of hydrogen-bond acceptors (Lipinski definition) is 5. The summed E-state index contributed by atoms with van der Waals surface area (Å²) in [4.78, 5) is 30.7. The second kappa shape index (κ2) is 6.62. The third kappa shape index (κ3) is 3.02. The molecule has 1 aliphatic heterocycles. The van der Waals surface area contributed by atoms with Crippen molar-refractivity contribution in [2.75, 3.05) is 11.4 Å². The minimum atomic E-state index is -0.556. The van der Waals surface area contributed by atoms with Crippen molar-refractivity contribution in [1.29, 1.82) is 0 Å². The first-order chi connectivity index (χ1) is 13.0. The molecule has 7 nitrogen and oxygen atoms in total. The van der Waals surface area contributed by atoms with Gasteiger partial charge < -0.3 is 9.47 Å². The number of aryl methyl sites for hydroxylation is 1. The first kappa shape index (κ1) is 17.4. The summed E-state index contributed by atoms with van der Waals surface area (Å²) in [5.74, 6) is -0.326. The molecule has 0 saturated heterocycles. The number of aromatic nitrogens is 4. The van der Waals surface area contributed by atoms with Gasteiger partial charge in [-0.3, -0.25) is 9.59 Å². The average Bonchev–Trinajstić information content (AvgIpc) is 3.08. The number of hydrogen-bond donors (Lipinski definition) is 1. The van der Waals surface area contributed by atoms with Crippen molar-refractivity contribution >= 4 is 23.1 Å². The van der Waals surface area contributed by atoms with E-state index < -0.39 is 17.2 Å². The van der Waals surface area contributed by atoms with Gasteiger partial charge in [-0.2, -0.15) is 5.10 Å². The second-order valence-electron chi connectivity index (χ2n) is 6.34. The van der Waals surface area contributed by atoms with E-state index in [1.54, 1.807) is 17.6 Å². The number of halogens is 2. The minimum absolute atomic E-state index is 0.0296. The maximum Gasteiger partial charge on any atom is 0.285 e. The third-order valence-electron chi connectivity index (χ3n) is 4.58. The van der Waals surface area contributed by atoms with Crippen molar-refractivity contribution in [3.63, 3.8) is 0 Å². The van der Waals surface area contributed by atoms with Crippen LogP contribution in [0.5, 0.6) is 0 Å². The quantitative estimate of drug-likeness (QED) is 0.697. The fourth-order valence-corrected chi connectivity index (χ4v) is 3.40. The molecule has 1 aliphatic rings. The van der Waals surface area contributed by atoms with Crippen LogP contribution in [0.1, 0.15) is 27.4 Å². The van der Waals surface area contributed by atoms with Crippen molar-refractivity contribution in [2.45, 2.75) is 20.0 Å². The van der Waals surface area contributed by atoms with Crippen molar-refractivity contribution in [3.05, 3.63) is 74.4 Å². The van der Waals surface area contributed by atoms with Gasteiger partial charge in [0.2, 0.25) is 5.78 Å². The molecule has 2 aromatic heterocycles. The van der Waals surface area contributed by atoms with Crippen LogP contribution in [0.4, 0.5) is 10.1 Å². The molecule has 9 heteroatoms. The summed E-state index contributed by atoms with van der Waals surface area (Å²) in [6.07, 6.45) is 2.94. The van der Waals surface area contributed by atoms with Crippen LogP contribution >= 0.6 is 11.6 Å². The van der Waals surface area contributed by atoms with Crippen LogP contribution in [-0.4, -0.2) is 32.1 Å². The number of H-pyrrole nitrogens is 1. The molecule has 1 aromatic carbocycles. The lowest BCUT2D eigenvalue weighted by molar-refractivity contribution is 0.102. The van der Waals surface area contributed by atoms with E-state index in [1.165, 1.54) is 24.5 Å². The molecule has 0 aliphatic carbocycles. The number of aromatic amines is 1. The predicted octanol–water partition coefficient (Wildman–Crippen LogP) is 2.32. The Morgan fingerprint density at radius 2 is 2.11 bits per heavy atom. The van der Waals surface area contributed by atoms with E-state index in [0.717, 1.165) is 5.56 Å². The van der Waals surface area contributed by atoms with Crippen LogP contribution in [-0.2, 0) is 13.1 Å². The summed E-state index contributed by atoms with van der Waals surface area (Å²) in [5.41, 5.74) is 1.22. The highest BCUT2D eigenvalue weighted by Crippen LogP contribution is 2.26. The molecule has 0 spiro atoms. The molecule has 0 bridgehead atoms. The molecule has 3 aromatic rings. The summed E-state index contributed by atoms with van der Waals surface area (Å²) in [7, 11) is 0. The highest BCUT2D eigenvalue weighted by Gasteiger charge is 2.26. The number of nitrogens with one attached hydrogen (secondary N) is 1. The molecule has 3 heterocycles. The fourth-order valence-electron chi connectivity index (χ4n) is 3.19. The van der Waals surface area contributed by atoms with Crippen molar-refractivity contribution in [2.24, 2.45) is 0 Å². The lowest BCUT2D eigenvalue weighted by Crippen LogP contribution is -2.36. The number of carbonyl (C=O) groups is 1. The molecular formula is C18H15ClFN5O2. The van der Waals surface area contributed by atoms with Gasteiger partial charge in [0.1, 0.15) is 22.4 Å². The summed E-state index contributed by atoms with van der Waals surface area (Å²) < 4.78 is 15.9. The maximum absolute atomic E-state index is 14.1. The highest BCUT2D eigenvalue weighted by atomic mass is 35.5. The lowest BCUT2D eigenvalue weighted by atomic mass is 10.1. The Morgan fingerprint density at radius 3 is 2.93 bits per heavy atom. The molecule has 0 atom stereocenters. The van der Waals surface area contributed by atoms with Gasteiger partial charge in [0.25, 0.3) is 5.56 Å². The number of imidazole rings is 1. The zero-order valence-electron chi connectivity index (χ0n) is 14.4. The Kier molecular flexibility index (Phi) is 4.27. The van der Waals surface area contributed by atoms with Crippen LogP contribution < -0.4 is 10.5 Å². The number of fused-ring (bicyclic) bond motifs is 1. The van der Waals surface area contributed by atoms with Crippen LogP contribution in [0, 0.1) is 12.7 Å². The van der Waals surface area contributed by atoms with Gasteiger partial charge in [0.05, 0.1) is 30.2 Å². The molecule has 0 unspecified atom stereocenters. The van der Waals surface area contributed by atoms with Crippen molar-refractivity contribution in [3.8, 4) is 0 Å². The first-order valence-corrected chi connectivity index (χ1v) is 8.67. The largest absolute Gasteiger partial charge is 0.360 e. The zero-order chi connectivity index (χ0) is 19.1. The molecular weight excluding hydrogens is 373 g/mol. The smallest absolute Gasteiger partial charge is 0.285 e. The van der Waals surface area contributed by atoms with E-state index in [-0.39, 0.29) is 10.6 Å². The van der Waals surface area contributed by atoms with Crippen molar-refractivity contribution in [1.82, 2.24) is 19.7 Å². The molecule has 0 amide bonds. The zero-order valence-corrected chi connectivity index (χ0v) is 15.1. The van der Waals surface area contributed by atoms with E-state index in [1.807, 2.05) is 4.90 Å².